The van der Waals surface area contributed by atoms with Gasteiger partial charge in [0.2, 0.25) is 21.8 Å². The number of benzene rings is 3. The van der Waals surface area contributed by atoms with Crippen molar-refractivity contribution in [1.82, 2.24) is 10.2 Å². The summed E-state index contributed by atoms with van der Waals surface area (Å²) >= 11 is 12.4. The molecule has 0 saturated heterocycles. The molecule has 1 N–H and O–H groups in total. The highest BCUT2D eigenvalue weighted by Gasteiger charge is 2.31. The zero-order valence-corrected chi connectivity index (χ0v) is 23.6. The summed E-state index contributed by atoms with van der Waals surface area (Å²) in [6.45, 7) is 5.50. The van der Waals surface area contributed by atoms with Crippen LogP contribution in [-0.4, -0.2) is 50.5 Å². The first-order chi connectivity index (χ1) is 17.4. The molecule has 37 heavy (non-hydrogen) atoms. The Bertz CT molecular complexity index is 1390. The molecule has 3 rings (SSSR count). The monoisotopic (exact) mass is 563 g/mol. The summed E-state index contributed by atoms with van der Waals surface area (Å²) in [6, 6.07) is 16.6. The van der Waals surface area contributed by atoms with Crippen molar-refractivity contribution < 1.29 is 18.0 Å². The van der Waals surface area contributed by atoms with E-state index in [1.165, 1.54) is 4.90 Å². The highest BCUT2D eigenvalue weighted by Crippen LogP contribution is 2.29. The van der Waals surface area contributed by atoms with E-state index in [0.717, 1.165) is 15.9 Å². The van der Waals surface area contributed by atoms with Crippen LogP contribution in [0.1, 0.15) is 26.3 Å². The minimum atomic E-state index is -3.85. The van der Waals surface area contributed by atoms with Gasteiger partial charge in [-0.2, -0.15) is 0 Å². The van der Waals surface area contributed by atoms with Gasteiger partial charge in [0.15, 0.2) is 0 Å². The minimum Gasteiger partial charge on any atom is -0.354 e. The number of hydrogen-bond acceptors (Lipinski definition) is 4. The topological polar surface area (TPSA) is 86.8 Å². The molecule has 1 unspecified atom stereocenters. The summed E-state index contributed by atoms with van der Waals surface area (Å²) in [7, 11) is -3.85. The quantitative estimate of drug-likeness (QED) is 0.371. The van der Waals surface area contributed by atoms with Gasteiger partial charge in [-0.05, 0) is 42.0 Å². The van der Waals surface area contributed by atoms with Gasteiger partial charge >= 0.3 is 0 Å². The van der Waals surface area contributed by atoms with Crippen LogP contribution in [0, 0.1) is 5.92 Å². The van der Waals surface area contributed by atoms with Crippen LogP contribution in [0.25, 0.3) is 10.8 Å². The zero-order valence-electron chi connectivity index (χ0n) is 21.2. The molecule has 2 amide bonds. The number of sulfonamides is 1. The maximum absolute atomic E-state index is 13.7. The Kier molecular flexibility index (Phi) is 9.45. The van der Waals surface area contributed by atoms with E-state index in [1.54, 1.807) is 43.3 Å². The molecule has 0 saturated carbocycles. The normalized spacial score (nSPS) is 12.4. The molecule has 10 heteroatoms. The second kappa shape index (κ2) is 12.2. The Morgan fingerprint density at radius 3 is 2.30 bits per heavy atom. The predicted octanol–water partition coefficient (Wildman–Crippen LogP) is 5.10. The van der Waals surface area contributed by atoms with Gasteiger partial charge in [0, 0.05) is 28.5 Å². The maximum atomic E-state index is 13.7. The molecule has 3 aromatic carbocycles. The van der Waals surface area contributed by atoms with E-state index in [9.17, 15) is 18.0 Å². The standard InChI is InChI=1S/C27H31Cl2N3O4S/c1-18(2)15-30-27(34)19(3)31(16-21-12-13-22(28)14-24(21)29)26(33)17-32(37(4,35)36)25-11-7-9-20-8-5-6-10-23(20)25/h5-14,18-19H,15-17H2,1-4H3,(H,30,34). The average Bonchev–Trinajstić information content (AvgIpc) is 2.84. The van der Waals surface area contributed by atoms with E-state index in [0.29, 0.717) is 33.2 Å². The maximum Gasteiger partial charge on any atom is 0.244 e. The highest BCUT2D eigenvalue weighted by molar-refractivity contribution is 7.92. The number of hydrogen-bond donors (Lipinski definition) is 1. The van der Waals surface area contributed by atoms with Crippen LogP contribution in [0.3, 0.4) is 0 Å². The first kappa shape index (κ1) is 28.8. The van der Waals surface area contributed by atoms with Crippen molar-refractivity contribution in [2.24, 2.45) is 5.92 Å². The van der Waals surface area contributed by atoms with Gasteiger partial charge in [-0.15, -0.1) is 0 Å². The largest absolute Gasteiger partial charge is 0.354 e. The number of anilines is 1. The van der Waals surface area contributed by atoms with Gasteiger partial charge < -0.3 is 10.2 Å². The van der Waals surface area contributed by atoms with E-state index in [2.05, 4.69) is 5.32 Å². The number of nitrogens with zero attached hydrogens (tertiary/aromatic N) is 2. The third kappa shape index (κ3) is 7.37. The smallest absolute Gasteiger partial charge is 0.244 e. The van der Waals surface area contributed by atoms with Crippen LogP contribution >= 0.6 is 23.2 Å². The van der Waals surface area contributed by atoms with E-state index in [-0.39, 0.29) is 18.4 Å². The number of carbonyl (C=O) groups is 2. The van der Waals surface area contributed by atoms with Gasteiger partial charge in [0.05, 0.1) is 11.9 Å². The summed E-state index contributed by atoms with van der Waals surface area (Å²) in [5, 5.41) is 5.16. The van der Waals surface area contributed by atoms with Crippen molar-refractivity contribution in [3.63, 3.8) is 0 Å². The Hall–Kier alpha value is -2.81. The van der Waals surface area contributed by atoms with Gasteiger partial charge in [-0.3, -0.25) is 13.9 Å². The van der Waals surface area contributed by atoms with Crippen molar-refractivity contribution in [2.45, 2.75) is 33.4 Å². The van der Waals surface area contributed by atoms with Crippen molar-refractivity contribution in [3.8, 4) is 0 Å². The van der Waals surface area contributed by atoms with Crippen molar-refractivity contribution >= 4 is 61.5 Å². The molecule has 0 spiro atoms. The molecule has 0 aliphatic carbocycles. The second-order valence-electron chi connectivity index (χ2n) is 9.34. The van der Waals surface area contributed by atoms with Crippen LogP contribution in [0.4, 0.5) is 5.69 Å². The molecule has 1 atom stereocenters. The predicted molar refractivity (Wildman–Crippen MR) is 150 cm³/mol. The van der Waals surface area contributed by atoms with Crippen molar-refractivity contribution in [3.05, 3.63) is 76.3 Å². The van der Waals surface area contributed by atoms with Crippen LogP contribution in [0.5, 0.6) is 0 Å². The molecule has 0 fully saturated rings. The number of amides is 2. The van der Waals surface area contributed by atoms with Crippen LogP contribution in [0.15, 0.2) is 60.7 Å². The molecule has 0 heterocycles. The first-order valence-corrected chi connectivity index (χ1v) is 14.5. The summed E-state index contributed by atoms with van der Waals surface area (Å²) in [5.41, 5.74) is 0.967. The Labute approximate surface area is 228 Å². The van der Waals surface area contributed by atoms with Gasteiger partial charge in [-0.25, -0.2) is 8.42 Å². The average molecular weight is 565 g/mol. The SMILES string of the molecule is CC(C)CNC(=O)C(C)N(Cc1ccc(Cl)cc1Cl)C(=O)CN(c1cccc2ccccc12)S(C)(=O)=O. The van der Waals surface area contributed by atoms with Crippen LogP contribution in [0.2, 0.25) is 10.0 Å². The van der Waals surface area contributed by atoms with Gasteiger partial charge in [0.1, 0.15) is 12.6 Å². The number of rotatable bonds is 10. The molecule has 0 aliphatic rings. The lowest BCUT2D eigenvalue weighted by Crippen LogP contribution is -2.51. The Morgan fingerprint density at radius 2 is 1.65 bits per heavy atom. The zero-order chi connectivity index (χ0) is 27.3. The van der Waals surface area contributed by atoms with Crippen LogP contribution in [-0.2, 0) is 26.2 Å². The van der Waals surface area contributed by atoms with E-state index >= 15 is 0 Å². The molecule has 0 aliphatic heterocycles. The number of halogens is 2. The summed E-state index contributed by atoms with van der Waals surface area (Å²) in [5.74, 6) is -0.669. The fraction of sp³-hybridized carbons (Fsp3) is 0.333. The minimum absolute atomic E-state index is 0.00175. The van der Waals surface area contributed by atoms with E-state index in [1.807, 2.05) is 38.1 Å². The summed E-state index contributed by atoms with van der Waals surface area (Å²) < 4.78 is 26.9. The number of nitrogens with one attached hydrogen (secondary N) is 1. The van der Waals surface area contributed by atoms with E-state index in [4.69, 9.17) is 23.2 Å². The lowest BCUT2D eigenvalue weighted by Gasteiger charge is -2.32. The number of fused-ring (bicyclic) bond motifs is 1. The Balaban J connectivity index is 1.99. The lowest BCUT2D eigenvalue weighted by molar-refractivity contribution is -0.139. The second-order valence-corrected chi connectivity index (χ2v) is 12.1. The van der Waals surface area contributed by atoms with E-state index < -0.39 is 28.5 Å². The molecule has 0 aromatic heterocycles. The third-order valence-corrected chi connectivity index (χ3v) is 7.64. The highest BCUT2D eigenvalue weighted by atomic mass is 35.5. The van der Waals surface area contributed by atoms with Crippen molar-refractivity contribution in [2.75, 3.05) is 23.7 Å². The van der Waals surface area contributed by atoms with Gasteiger partial charge in [-0.1, -0.05) is 79.5 Å². The molecule has 0 bridgehead atoms. The molecule has 198 valence electrons. The lowest BCUT2D eigenvalue weighted by atomic mass is 10.1. The van der Waals surface area contributed by atoms with Gasteiger partial charge in [0.25, 0.3) is 0 Å². The molecular formula is C27H31Cl2N3O4S. The number of carbonyl (C=O) groups excluding carboxylic acids is 2. The fourth-order valence-electron chi connectivity index (χ4n) is 3.89. The van der Waals surface area contributed by atoms with Crippen molar-refractivity contribution in [1.29, 1.82) is 0 Å². The summed E-state index contributed by atoms with van der Waals surface area (Å²) in [4.78, 5) is 28.0. The molecule has 7 nitrogen and oxygen atoms in total. The fourth-order valence-corrected chi connectivity index (χ4v) is 5.22. The van der Waals surface area contributed by atoms with Crippen LogP contribution < -0.4 is 9.62 Å². The summed E-state index contributed by atoms with van der Waals surface area (Å²) in [6.07, 6.45) is 1.06. The third-order valence-electron chi connectivity index (χ3n) is 5.92. The first-order valence-electron chi connectivity index (χ1n) is 11.8. The Morgan fingerprint density at radius 1 is 0.973 bits per heavy atom. The molecular weight excluding hydrogens is 533 g/mol. The molecule has 3 aromatic rings. The molecule has 0 radical (unpaired) electrons.